The molecule has 8 heteroatoms. The van der Waals surface area contributed by atoms with Crippen molar-refractivity contribution in [3.05, 3.63) is 44.9 Å². The third-order valence-corrected chi connectivity index (χ3v) is 4.67. The smallest absolute Gasteiger partial charge is 0.337 e. The Morgan fingerprint density at radius 1 is 1.43 bits per heavy atom. The Morgan fingerprint density at radius 2 is 2.26 bits per heavy atom. The van der Waals surface area contributed by atoms with Crippen LogP contribution in [0.5, 0.6) is 0 Å². The number of anilines is 1. The summed E-state index contributed by atoms with van der Waals surface area (Å²) in [5.41, 5.74) is 0.703. The van der Waals surface area contributed by atoms with Crippen LogP contribution in [0.3, 0.4) is 0 Å². The first-order chi connectivity index (χ1) is 11.0. The number of ether oxygens (including phenoxy) is 1. The van der Waals surface area contributed by atoms with Crippen LogP contribution in [0.4, 0.5) is 5.69 Å². The summed E-state index contributed by atoms with van der Waals surface area (Å²) in [7, 11) is 0. The lowest BCUT2D eigenvalue weighted by Gasteiger charge is -2.06. The highest BCUT2D eigenvalue weighted by Gasteiger charge is 2.22. The molecule has 2 aromatic rings. The lowest BCUT2D eigenvalue weighted by atomic mass is 10.2. The summed E-state index contributed by atoms with van der Waals surface area (Å²) in [6.45, 7) is 0.722. The Kier molecular flexibility index (Phi) is 4.61. The number of aromatic nitrogens is 1. The summed E-state index contributed by atoms with van der Waals surface area (Å²) in [5.74, 6) is -1.49. The first kappa shape index (κ1) is 15.9. The van der Waals surface area contributed by atoms with Crippen molar-refractivity contribution in [3.8, 4) is 0 Å². The molecule has 2 heterocycles. The van der Waals surface area contributed by atoms with Gasteiger partial charge in [0.2, 0.25) is 0 Å². The van der Waals surface area contributed by atoms with E-state index in [2.05, 4.69) is 10.3 Å². The number of hydrogen-bond donors (Lipinski definition) is 2. The van der Waals surface area contributed by atoms with Gasteiger partial charge in [0.25, 0.3) is 5.91 Å². The van der Waals surface area contributed by atoms with Gasteiger partial charge in [0.15, 0.2) is 0 Å². The number of nitrogens with zero attached hydrogens (tertiary/aromatic N) is 1. The number of carbonyl (C=O) groups excluding carboxylic acids is 1. The Labute approximate surface area is 141 Å². The first-order valence-corrected chi connectivity index (χ1v) is 8.21. The molecule has 1 atom stereocenters. The van der Waals surface area contributed by atoms with Gasteiger partial charge in [0, 0.05) is 17.7 Å². The van der Waals surface area contributed by atoms with Gasteiger partial charge in [0.1, 0.15) is 16.8 Å². The second-order valence-electron chi connectivity index (χ2n) is 5.03. The van der Waals surface area contributed by atoms with Crippen LogP contribution in [0.2, 0.25) is 5.02 Å². The van der Waals surface area contributed by atoms with E-state index in [1.54, 1.807) is 5.38 Å². The van der Waals surface area contributed by atoms with E-state index >= 15 is 0 Å². The van der Waals surface area contributed by atoms with Crippen LogP contribution in [0, 0.1) is 0 Å². The fourth-order valence-corrected chi connectivity index (χ4v) is 3.42. The molecular formula is C15H13ClN2O4S. The SMILES string of the molecule is O=C(Nc1ccc(C(=O)O)c(Cl)c1)c1csc(C2CCCO2)n1. The average molecular weight is 353 g/mol. The third kappa shape index (κ3) is 3.52. The van der Waals surface area contributed by atoms with Crippen molar-refractivity contribution in [1.82, 2.24) is 4.98 Å². The minimum atomic E-state index is -1.12. The Bertz CT molecular complexity index is 756. The summed E-state index contributed by atoms with van der Waals surface area (Å²) >= 11 is 7.28. The monoisotopic (exact) mass is 352 g/mol. The van der Waals surface area contributed by atoms with Crippen LogP contribution >= 0.6 is 22.9 Å². The number of carbonyl (C=O) groups is 2. The van der Waals surface area contributed by atoms with Crippen LogP contribution in [-0.2, 0) is 4.74 Å². The van der Waals surface area contributed by atoms with Gasteiger partial charge in [-0.05, 0) is 31.0 Å². The fourth-order valence-electron chi connectivity index (χ4n) is 2.27. The lowest BCUT2D eigenvalue weighted by Crippen LogP contribution is -2.13. The molecule has 23 heavy (non-hydrogen) atoms. The minimum absolute atomic E-state index is 0.0148. The quantitative estimate of drug-likeness (QED) is 0.877. The molecule has 1 fully saturated rings. The molecule has 6 nitrogen and oxygen atoms in total. The molecule has 0 radical (unpaired) electrons. The Morgan fingerprint density at radius 3 is 2.91 bits per heavy atom. The summed E-state index contributed by atoms with van der Waals surface area (Å²) in [4.78, 5) is 27.4. The fraction of sp³-hybridized carbons (Fsp3) is 0.267. The van der Waals surface area contributed by atoms with E-state index in [0.29, 0.717) is 11.4 Å². The topological polar surface area (TPSA) is 88.5 Å². The number of carboxylic acid groups (broad SMARTS) is 1. The number of carboxylic acids is 1. The molecule has 0 spiro atoms. The first-order valence-electron chi connectivity index (χ1n) is 6.96. The second-order valence-corrected chi connectivity index (χ2v) is 6.32. The zero-order chi connectivity index (χ0) is 16.4. The van der Waals surface area contributed by atoms with Gasteiger partial charge in [-0.1, -0.05) is 11.6 Å². The highest BCUT2D eigenvalue weighted by atomic mass is 35.5. The highest BCUT2D eigenvalue weighted by Crippen LogP contribution is 2.30. The molecule has 3 rings (SSSR count). The molecule has 1 unspecified atom stereocenters. The molecule has 120 valence electrons. The van der Waals surface area contributed by atoms with Gasteiger partial charge < -0.3 is 15.2 Å². The van der Waals surface area contributed by atoms with Crippen molar-refractivity contribution < 1.29 is 19.4 Å². The number of halogens is 1. The van der Waals surface area contributed by atoms with Crippen LogP contribution in [0.1, 0.15) is 44.8 Å². The molecule has 1 aliphatic heterocycles. The van der Waals surface area contributed by atoms with Gasteiger partial charge in [-0.15, -0.1) is 11.3 Å². The van der Waals surface area contributed by atoms with E-state index in [1.807, 2.05) is 0 Å². The maximum atomic E-state index is 12.2. The standard InChI is InChI=1S/C15H13ClN2O4S/c16-10-6-8(3-4-9(10)15(20)21)17-13(19)11-7-23-14(18-11)12-2-1-5-22-12/h3-4,6-7,12H,1-2,5H2,(H,17,19)(H,20,21). The number of nitrogens with one attached hydrogen (secondary N) is 1. The molecule has 0 bridgehead atoms. The molecule has 1 aromatic heterocycles. The summed E-state index contributed by atoms with van der Waals surface area (Å²) in [5, 5.41) is 14.1. The molecule has 2 N–H and O–H groups in total. The maximum Gasteiger partial charge on any atom is 0.337 e. The van der Waals surface area contributed by atoms with E-state index in [0.717, 1.165) is 24.5 Å². The highest BCUT2D eigenvalue weighted by molar-refractivity contribution is 7.09. The van der Waals surface area contributed by atoms with Gasteiger partial charge in [-0.25, -0.2) is 9.78 Å². The van der Waals surface area contributed by atoms with E-state index < -0.39 is 5.97 Å². The zero-order valence-electron chi connectivity index (χ0n) is 11.9. The van der Waals surface area contributed by atoms with Crippen LogP contribution in [0.15, 0.2) is 23.6 Å². The van der Waals surface area contributed by atoms with Gasteiger partial charge in [0.05, 0.1) is 10.6 Å². The van der Waals surface area contributed by atoms with Crippen molar-refractivity contribution in [2.45, 2.75) is 18.9 Å². The Hall–Kier alpha value is -1.96. The molecule has 0 saturated carbocycles. The van der Waals surface area contributed by atoms with Crippen molar-refractivity contribution in [2.75, 3.05) is 11.9 Å². The normalized spacial score (nSPS) is 17.2. The molecule has 1 saturated heterocycles. The number of aromatic carboxylic acids is 1. The second kappa shape index (κ2) is 6.66. The van der Waals surface area contributed by atoms with Gasteiger partial charge in [-0.2, -0.15) is 0 Å². The van der Waals surface area contributed by atoms with Crippen molar-refractivity contribution in [2.24, 2.45) is 0 Å². The molecule has 1 amide bonds. The summed E-state index contributed by atoms with van der Waals surface area (Å²) in [6.07, 6.45) is 1.90. The van der Waals surface area contributed by atoms with Crippen molar-refractivity contribution in [3.63, 3.8) is 0 Å². The number of benzene rings is 1. The van der Waals surface area contributed by atoms with E-state index in [1.165, 1.54) is 29.5 Å². The Balaban J connectivity index is 1.71. The third-order valence-electron chi connectivity index (χ3n) is 3.42. The number of hydrogen-bond acceptors (Lipinski definition) is 5. The molecule has 1 aromatic carbocycles. The summed E-state index contributed by atoms with van der Waals surface area (Å²) < 4.78 is 5.54. The van der Waals surface area contributed by atoms with Crippen molar-refractivity contribution >= 4 is 40.5 Å². The summed E-state index contributed by atoms with van der Waals surface area (Å²) in [6, 6.07) is 4.23. The van der Waals surface area contributed by atoms with Crippen molar-refractivity contribution in [1.29, 1.82) is 0 Å². The largest absolute Gasteiger partial charge is 0.478 e. The minimum Gasteiger partial charge on any atom is -0.478 e. The van der Waals surface area contributed by atoms with Crippen LogP contribution in [-0.4, -0.2) is 28.6 Å². The molecule has 1 aliphatic rings. The van der Waals surface area contributed by atoms with E-state index in [-0.39, 0.29) is 22.6 Å². The maximum absolute atomic E-state index is 12.2. The number of amides is 1. The average Bonchev–Trinajstić information content (AvgIpc) is 3.18. The number of rotatable bonds is 4. The van der Waals surface area contributed by atoms with Gasteiger partial charge >= 0.3 is 5.97 Å². The predicted molar refractivity (Wildman–Crippen MR) is 86.4 cm³/mol. The zero-order valence-corrected chi connectivity index (χ0v) is 13.5. The van der Waals surface area contributed by atoms with E-state index in [4.69, 9.17) is 21.4 Å². The molecular weight excluding hydrogens is 340 g/mol. The molecule has 0 aliphatic carbocycles. The van der Waals surface area contributed by atoms with E-state index in [9.17, 15) is 9.59 Å². The predicted octanol–water partition coefficient (Wildman–Crippen LogP) is 3.60. The lowest BCUT2D eigenvalue weighted by molar-refractivity contribution is 0.0697. The number of thiazole rings is 1. The van der Waals surface area contributed by atoms with Crippen LogP contribution in [0.25, 0.3) is 0 Å². The van der Waals surface area contributed by atoms with Gasteiger partial charge in [-0.3, -0.25) is 4.79 Å². The van der Waals surface area contributed by atoms with Crippen LogP contribution < -0.4 is 5.32 Å².